The summed E-state index contributed by atoms with van der Waals surface area (Å²) in [6.45, 7) is 9.27. The number of rotatable bonds is 4. The minimum atomic E-state index is -0.780. The van der Waals surface area contributed by atoms with E-state index in [2.05, 4.69) is 6.58 Å². The standard InChI is InChI=1S/C17H18O2S/c1-12(2)16(18)19-17(4,15-6-5-11-20-15)14-9-7-13(3)8-10-14/h5-11H,1H2,2-4H3. The Hall–Kier alpha value is -1.87. The summed E-state index contributed by atoms with van der Waals surface area (Å²) < 4.78 is 5.74. The van der Waals surface area contributed by atoms with Gasteiger partial charge in [-0.05, 0) is 32.2 Å². The van der Waals surface area contributed by atoms with E-state index in [1.807, 2.05) is 55.6 Å². The van der Waals surface area contributed by atoms with Crippen LogP contribution < -0.4 is 0 Å². The van der Waals surface area contributed by atoms with Gasteiger partial charge in [0, 0.05) is 11.1 Å². The van der Waals surface area contributed by atoms with Crippen LogP contribution >= 0.6 is 11.3 Å². The van der Waals surface area contributed by atoms with Gasteiger partial charge in [-0.15, -0.1) is 11.3 Å². The molecule has 20 heavy (non-hydrogen) atoms. The minimum absolute atomic E-state index is 0.374. The molecule has 2 nitrogen and oxygen atoms in total. The molecule has 0 N–H and O–H groups in total. The third-order valence-corrected chi connectivity index (χ3v) is 4.31. The van der Waals surface area contributed by atoms with Crippen LogP contribution in [0.15, 0.2) is 53.9 Å². The summed E-state index contributed by atoms with van der Waals surface area (Å²) in [7, 11) is 0. The zero-order valence-electron chi connectivity index (χ0n) is 12.0. The molecule has 0 bridgehead atoms. The number of hydrogen-bond acceptors (Lipinski definition) is 3. The molecule has 2 rings (SSSR count). The molecular weight excluding hydrogens is 268 g/mol. The number of ether oxygens (including phenoxy) is 1. The molecule has 1 aromatic heterocycles. The van der Waals surface area contributed by atoms with Crippen LogP contribution in [0.5, 0.6) is 0 Å². The maximum Gasteiger partial charge on any atom is 0.334 e. The second kappa shape index (κ2) is 5.63. The zero-order valence-corrected chi connectivity index (χ0v) is 12.8. The van der Waals surface area contributed by atoms with Gasteiger partial charge in [0.15, 0.2) is 5.60 Å². The van der Waals surface area contributed by atoms with Gasteiger partial charge in [0.2, 0.25) is 0 Å². The van der Waals surface area contributed by atoms with Crippen molar-refractivity contribution < 1.29 is 9.53 Å². The summed E-state index contributed by atoms with van der Waals surface area (Å²) in [4.78, 5) is 13.0. The minimum Gasteiger partial charge on any atom is -0.445 e. The summed E-state index contributed by atoms with van der Waals surface area (Å²) in [6, 6.07) is 12.0. The molecule has 1 aromatic carbocycles. The molecule has 104 valence electrons. The monoisotopic (exact) mass is 286 g/mol. The Kier molecular flexibility index (Phi) is 4.09. The molecule has 0 aliphatic heterocycles. The number of thiophene rings is 1. The molecule has 0 fully saturated rings. The fourth-order valence-electron chi connectivity index (χ4n) is 1.95. The average Bonchev–Trinajstić information content (AvgIpc) is 2.93. The molecule has 0 aliphatic rings. The first-order valence-electron chi connectivity index (χ1n) is 6.43. The Labute approximate surface area is 123 Å². The first kappa shape index (κ1) is 14.5. The maximum atomic E-state index is 12.0. The number of carbonyl (C=O) groups excluding carboxylic acids is 1. The molecule has 0 spiro atoms. The van der Waals surface area contributed by atoms with Crippen molar-refractivity contribution in [1.82, 2.24) is 0 Å². The van der Waals surface area contributed by atoms with E-state index < -0.39 is 5.60 Å². The summed E-state index contributed by atoms with van der Waals surface area (Å²) in [5.74, 6) is -0.374. The van der Waals surface area contributed by atoms with Crippen molar-refractivity contribution in [3.05, 3.63) is 69.9 Å². The Bertz CT molecular complexity index is 611. The topological polar surface area (TPSA) is 26.3 Å². The molecule has 0 aliphatic carbocycles. The van der Waals surface area contributed by atoms with Crippen LogP contribution in [0.4, 0.5) is 0 Å². The summed E-state index contributed by atoms with van der Waals surface area (Å²) in [6.07, 6.45) is 0. The lowest BCUT2D eigenvalue weighted by atomic mass is 9.93. The van der Waals surface area contributed by atoms with Crippen molar-refractivity contribution in [2.75, 3.05) is 0 Å². The van der Waals surface area contributed by atoms with Crippen LogP contribution in [0.25, 0.3) is 0 Å². The van der Waals surface area contributed by atoms with Crippen LogP contribution in [0.2, 0.25) is 0 Å². The highest BCUT2D eigenvalue weighted by Crippen LogP contribution is 2.36. The first-order chi connectivity index (χ1) is 9.43. The van der Waals surface area contributed by atoms with E-state index in [0.717, 1.165) is 10.4 Å². The third kappa shape index (κ3) is 2.83. The van der Waals surface area contributed by atoms with Crippen molar-refractivity contribution in [2.45, 2.75) is 26.4 Å². The molecule has 0 radical (unpaired) electrons. The van der Waals surface area contributed by atoms with Gasteiger partial charge >= 0.3 is 5.97 Å². The van der Waals surface area contributed by atoms with Gasteiger partial charge in [0.25, 0.3) is 0 Å². The van der Waals surface area contributed by atoms with E-state index in [0.29, 0.717) is 5.57 Å². The number of carbonyl (C=O) groups is 1. The van der Waals surface area contributed by atoms with Crippen molar-refractivity contribution in [1.29, 1.82) is 0 Å². The lowest BCUT2D eigenvalue weighted by Crippen LogP contribution is -2.30. The Morgan fingerprint density at radius 2 is 1.90 bits per heavy atom. The maximum absolute atomic E-state index is 12.0. The van der Waals surface area contributed by atoms with E-state index in [-0.39, 0.29) is 5.97 Å². The van der Waals surface area contributed by atoms with E-state index in [1.54, 1.807) is 18.3 Å². The summed E-state index contributed by atoms with van der Waals surface area (Å²) in [5, 5.41) is 1.98. The largest absolute Gasteiger partial charge is 0.445 e. The van der Waals surface area contributed by atoms with E-state index in [1.165, 1.54) is 5.56 Å². The van der Waals surface area contributed by atoms with Gasteiger partial charge in [-0.1, -0.05) is 42.5 Å². The van der Waals surface area contributed by atoms with Gasteiger partial charge in [-0.2, -0.15) is 0 Å². The molecular formula is C17H18O2S. The highest BCUT2D eigenvalue weighted by Gasteiger charge is 2.34. The first-order valence-corrected chi connectivity index (χ1v) is 7.31. The smallest absolute Gasteiger partial charge is 0.334 e. The second-order valence-corrected chi connectivity index (χ2v) is 5.99. The Morgan fingerprint density at radius 3 is 2.40 bits per heavy atom. The number of esters is 1. The highest BCUT2D eigenvalue weighted by atomic mass is 32.1. The van der Waals surface area contributed by atoms with Gasteiger partial charge in [-0.3, -0.25) is 0 Å². The SMILES string of the molecule is C=C(C)C(=O)OC(C)(c1ccc(C)cc1)c1cccs1. The quantitative estimate of drug-likeness (QED) is 0.613. The lowest BCUT2D eigenvalue weighted by molar-refractivity contribution is -0.150. The van der Waals surface area contributed by atoms with Gasteiger partial charge in [-0.25, -0.2) is 4.79 Å². The van der Waals surface area contributed by atoms with Crippen LogP contribution in [0.1, 0.15) is 29.9 Å². The number of benzene rings is 1. The fourth-order valence-corrected chi connectivity index (χ4v) is 2.79. The molecule has 2 aromatic rings. The van der Waals surface area contributed by atoms with Crippen LogP contribution in [0.3, 0.4) is 0 Å². The van der Waals surface area contributed by atoms with Crippen molar-refractivity contribution >= 4 is 17.3 Å². The average molecular weight is 286 g/mol. The van der Waals surface area contributed by atoms with Gasteiger partial charge in [0.1, 0.15) is 0 Å². The zero-order chi connectivity index (χ0) is 14.8. The predicted octanol–water partition coefficient (Wildman–Crippen LogP) is 4.44. The van der Waals surface area contributed by atoms with Crippen LogP contribution in [-0.2, 0) is 15.1 Å². The molecule has 1 atom stereocenters. The van der Waals surface area contributed by atoms with Crippen molar-refractivity contribution in [3.8, 4) is 0 Å². The molecule has 1 unspecified atom stereocenters. The molecule has 0 saturated heterocycles. The molecule has 0 saturated carbocycles. The third-order valence-electron chi connectivity index (χ3n) is 3.24. The summed E-state index contributed by atoms with van der Waals surface area (Å²) in [5.41, 5.74) is 1.76. The molecule has 3 heteroatoms. The fraction of sp³-hybridized carbons (Fsp3) is 0.235. The van der Waals surface area contributed by atoms with Gasteiger partial charge < -0.3 is 4.74 Å². The van der Waals surface area contributed by atoms with Crippen LogP contribution in [-0.4, -0.2) is 5.97 Å². The number of hydrogen-bond donors (Lipinski definition) is 0. The van der Waals surface area contributed by atoms with Crippen LogP contribution in [0, 0.1) is 6.92 Å². The van der Waals surface area contributed by atoms with Crippen molar-refractivity contribution in [3.63, 3.8) is 0 Å². The van der Waals surface area contributed by atoms with Crippen molar-refractivity contribution in [2.24, 2.45) is 0 Å². The predicted molar refractivity (Wildman–Crippen MR) is 82.9 cm³/mol. The molecule has 0 amide bonds. The summed E-state index contributed by atoms with van der Waals surface area (Å²) >= 11 is 1.58. The van der Waals surface area contributed by atoms with E-state index >= 15 is 0 Å². The Morgan fingerprint density at radius 1 is 1.25 bits per heavy atom. The normalized spacial score (nSPS) is 13.6. The second-order valence-electron chi connectivity index (χ2n) is 5.05. The number of aryl methyl sites for hydroxylation is 1. The van der Waals surface area contributed by atoms with Gasteiger partial charge in [0.05, 0.1) is 4.88 Å². The van der Waals surface area contributed by atoms with E-state index in [4.69, 9.17) is 4.74 Å². The highest BCUT2D eigenvalue weighted by molar-refractivity contribution is 7.10. The Balaban J connectivity index is 2.46. The molecule has 1 heterocycles. The van der Waals surface area contributed by atoms with E-state index in [9.17, 15) is 4.79 Å². The lowest BCUT2D eigenvalue weighted by Gasteiger charge is -2.29.